The molecular formula is C10H12F2N2O4. The number of halogens is 2. The smallest absolute Gasteiger partial charge is 0.314 e. The van der Waals surface area contributed by atoms with Crippen LogP contribution in [0, 0.1) is 10.1 Å². The number of methoxy groups -OCH3 is 1. The molecule has 6 nitrogen and oxygen atoms in total. The van der Waals surface area contributed by atoms with Crippen LogP contribution in [-0.4, -0.2) is 23.6 Å². The summed E-state index contributed by atoms with van der Waals surface area (Å²) in [4.78, 5) is 9.85. The van der Waals surface area contributed by atoms with Crippen LogP contribution in [0.5, 0.6) is 11.5 Å². The Hall–Kier alpha value is -1.96. The molecule has 1 aromatic carbocycles. The third-order valence-electron chi connectivity index (χ3n) is 2.35. The maximum Gasteiger partial charge on any atom is 0.314 e. The molecule has 0 heterocycles. The quantitative estimate of drug-likeness (QED) is 0.624. The molecule has 100 valence electrons. The summed E-state index contributed by atoms with van der Waals surface area (Å²) in [6, 6.07) is 1.10. The van der Waals surface area contributed by atoms with E-state index in [0.29, 0.717) is 0 Å². The maximum atomic E-state index is 12.2. The third-order valence-corrected chi connectivity index (χ3v) is 2.35. The molecule has 0 amide bonds. The molecule has 0 bridgehead atoms. The van der Waals surface area contributed by atoms with Gasteiger partial charge in [0.25, 0.3) is 0 Å². The maximum absolute atomic E-state index is 12.2. The monoisotopic (exact) mass is 262 g/mol. The van der Waals surface area contributed by atoms with E-state index in [1.165, 1.54) is 13.2 Å². The molecular weight excluding hydrogens is 250 g/mol. The number of aromatic hydroxyl groups is 1. The first kappa shape index (κ1) is 14.1. The number of nitro groups is 1. The molecule has 18 heavy (non-hydrogen) atoms. The molecule has 0 saturated heterocycles. The van der Waals surface area contributed by atoms with Gasteiger partial charge in [-0.25, -0.2) is 8.78 Å². The van der Waals surface area contributed by atoms with Gasteiger partial charge < -0.3 is 15.6 Å². The lowest BCUT2D eigenvalue weighted by molar-refractivity contribution is -0.386. The molecule has 0 saturated carbocycles. The number of rotatable bonds is 5. The van der Waals surface area contributed by atoms with Gasteiger partial charge >= 0.3 is 5.69 Å². The summed E-state index contributed by atoms with van der Waals surface area (Å²) in [5, 5.41) is 20.2. The van der Waals surface area contributed by atoms with Crippen molar-refractivity contribution < 1.29 is 23.5 Å². The van der Waals surface area contributed by atoms with Gasteiger partial charge in [0.05, 0.1) is 12.0 Å². The lowest BCUT2D eigenvalue weighted by atomic mass is 10.0. The molecule has 0 aliphatic carbocycles. The van der Waals surface area contributed by atoms with Crippen LogP contribution in [-0.2, 0) is 0 Å². The number of alkyl halides is 2. The predicted molar refractivity (Wildman–Crippen MR) is 58.9 cm³/mol. The summed E-state index contributed by atoms with van der Waals surface area (Å²) >= 11 is 0. The molecule has 0 unspecified atom stereocenters. The molecule has 8 heteroatoms. The molecule has 3 N–H and O–H groups in total. The number of benzene rings is 1. The topological polar surface area (TPSA) is 98.6 Å². The van der Waals surface area contributed by atoms with Crippen LogP contribution < -0.4 is 10.5 Å². The normalized spacial score (nSPS) is 12.5. The second kappa shape index (κ2) is 5.58. The van der Waals surface area contributed by atoms with Crippen molar-refractivity contribution >= 4 is 5.69 Å². The number of nitro benzene ring substituents is 1. The Labute approximate surface area is 101 Å². The number of nitrogens with zero attached hydrogens (tertiary/aromatic N) is 1. The van der Waals surface area contributed by atoms with Crippen molar-refractivity contribution in [2.45, 2.75) is 18.9 Å². The van der Waals surface area contributed by atoms with E-state index in [1.807, 2.05) is 0 Å². The van der Waals surface area contributed by atoms with E-state index in [9.17, 15) is 24.0 Å². The fourth-order valence-corrected chi connectivity index (χ4v) is 1.45. The van der Waals surface area contributed by atoms with E-state index in [0.717, 1.165) is 6.07 Å². The third kappa shape index (κ3) is 3.04. The molecule has 0 fully saturated rings. The van der Waals surface area contributed by atoms with Crippen molar-refractivity contribution in [3.63, 3.8) is 0 Å². The molecule has 1 aromatic rings. The SMILES string of the molecule is COc1cc([C@H](N)CC(F)F)cc([N+](=O)[O-])c1O. The highest BCUT2D eigenvalue weighted by Crippen LogP contribution is 2.38. The summed E-state index contributed by atoms with van der Waals surface area (Å²) in [6.45, 7) is 0. The summed E-state index contributed by atoms with van der Waals surface area (Å²) in [6.07, 6.45) is -3.26. The Morgan fingerprint density at radius 1 is 1.56 bits per heavy atom. The van der Waals surface area contributed by atoms with E-state index in [4.69, 9.17) is 10.5 Å². The summed E-state index contributed by atoms with van der Waals surface area (Å²) in [5.74, 6) is -0.834. The van der Waals surface area contributed by atoms with Crippen LogP contribution in [0.2, 0.25) is 0 Å². The van der Waals surface area contributed by atoms with Gasteiger partial charge in [0.2, 0.25) is 12.2 Å². The lowest BCUT2D eigenvalue weighted by Crippen LogP contribution is -2.14. The molecule has 1 rings (SSSR count). The van der Waals surface area contributed by atoms with Gasteiger partial charge in [0, 0.05) is 18.5 Å². The minimum absolute atomic E-state index is 0.108. The number of hydrogen-bond donors (Lipinski definition) is 2. The zero-order valence-corrected chi connectivity index (χ0v) is 9.47. The van der Waals surface area contributed by atoms with E-state index in [1.54, 1.807) is 0 Å². The molecule has 0 radical (unpaired) electrons. The average molecular weight is 262 g/mol. The Kier molecular flexibility index (Phi) is 4.38. The summed E-state index contributed by atoms with van der Waals surface area (Å²) in [5.41, 5.74) is 4.98. The van der Waals surface area contributed by atoms with Crippen LogP contribution in [0.25, 0.3) is 0 Å². The number of nitrogens with two attached hydrogens (primary N) is 1. The Balaban J connectivity index is 3.21. The standard InChI is InChI=1S/C10H12F2N2O4/c1-18-8-3-5(6(13)4-9(11)12)2-7(10(8)15)14(16)17/h2-3,6,9,15H,4,13H2,1H3/t6-/m1/s1. The number of ether oxygens (including phenoxy) is 1. The van der Waals surface area contributed by atoms with E-state index < -0.39 is 35.2 Å². The number of hydrogen-bond acceptors (Lipinski definition) is 5. The summed E-state index contributed by atoms with van der Waals surface area (Å²) < 4.78 is 29.1. The first-order valence-electron chi connectivity index (χ1n) is 4.95. The largest absolute Gasteiger partial charge is 0.500 e. The second-order valence-electron chi connectivity index (χ2n) is 3.58. The minimum Gasteiger partial charge on any atom is -0.500 e. The van der Waals surface area contributed by atoms with Gasteiger partial charge in [-0.15, -0.1) is 0 Å². The van der Waals surface area contributed by atoms with E-state index in [-0.39, 0.29) is 11.3 Å². The van der Waals surface area contributed by atoms with Gasteiger partial charge in [-0.1, -0.05) is 0 Å². The highest BCUT2D eigenvalue weighted by Gasteiger charge is 2.23. The molecule has 0 aromatic heterocycles. The van der Waals surface area contributed by atoms with E-state index in [2.05, 4.69) is 0 Å². The lowest BCUT2D eigenvalue weighted by Gasteiger charge is -2.13. The van der Waals surface area contributed by atoms with Crippen LogP contribution in [0.3, 0.4) is 0 Å². The first-order chi connectivity index (χ1) is 8.36. The second-order valence-corrected chi connectivity index (χ2v) is 3.58. The minimum atomic E-state index is -2.63. The molecule has 0 aliphatic heterocycles. The van der Waals surface area contributed by atoms with Gasteiger partial charge in [-0.2, -0.15) is 0 Å². The molecule has 1 atom stereocenters. The summed E-state index contributed by atoms with van der Waals surface area (Å²) in [7, 11) is 1.20. The number of phenols is 1. The Morgan fingerprint density at radius 2 is 2.17 bits per heavy atom. The molecule has 0 aliphatic rings. The van der Waals surface area contributed by atoms with Crippen molar-refractivity contribution in [3.05, 3.63) is 27.8 Å². The van der Waals surface area contributed by atoms with Crippen molar-refractivity contribution in [3.8, 4) is 11.5 Å². The van der Waals surface area contributed by atoms with Crippen LogP contribution in [0.15, 0.2) is 12.1 Å². The van der Waals surface area contributed by atoms with Gasteiger partial charge in [0.15, 0.2) is 5.75 Å². The van der Waals surface area contributed by atoms with E-state index >= 15 is 0 Å². The molecule has 0 spiro atoms. The Bertz CT molecular complexity index is 454. The fourth-order valence-electron chi connectivity index (χ4n) is 1.45. The average Bonchev–Trinajstić information content (AvgIpc) is 2.27. The van der Waals surface area contributed by atoms with Crippen molar-refractivity contribution in [1.29, 1.82) is 0 Å². The fraction of sp³-hybridized carbons (Fsp3) is 0.400. The van der Waals surface area contributed by atoms with Crippen LogP contribution in [0.4, 0.5) is 14.5 Å². The van der Waals surface area contributed by atoms with Gasteiger partial charge in [-0.05, 0) is 11.6 Å². The van der Waals surface area contributed by atoms with Gasteiger partial charge in [0.1, 0.15) is 0 Å². The highest BCUT2D eigenvalue weighted by atomic mass is 19.3. The van der Waals surface area contributed by atoms with Crippen molar-refractivity contribution in [1.82, 2.24) is 0 Å². The van der Waals surface area contributed by atoms with Crippen LogP contribution in [0.1, 0.15) is 18.0 Å². The highest BCUT2D eigenvalue weighted by molar-refractivity contribution is 5.57. The van der Waals surface area contributed by atoms with Crippen molar-refractivity contribution in [2.24, 2.45) is 5.73 Å². The Morgan fingerprint density at radius 3 is 2.61 bits per heavy atom. The van der Waals surface area contributed by atoms with Gasteiger partial charge in [-0.3, -0.25) is 10.1 Å². The van der Waals surface area contributed by atoms with Crippen LogP contribution >= 0.6 is 0 Å². The number of phenolic OH excluding ortho intramolecular Hbond substituents is 1. The predicted octanol–water partition coefficient (Wildman–Crippen LogP) is 1.96. The zero-order chi connectivity index (χ0) is 13.9. The zero-order valence-electron chi connectivity index (χ0n) is 9.47. The van der Waals surface area contributed by atoms with Crippen molar-refractivity contribution in [2.75, 3.05) is 7.11 Å². The first-order valence-corrected chi connectivity index (χ1v) is 4.95.